The molecule has 0 atom stereocenters. The highest BCUT2D eigenvalue weighted by atomic mass is 32.1. The maximum Gasteiger partial charge on any atom is 0.328 e. The number of nitrogens with zero attached hydrogens (tertiary/aromatic N) is 4. The average Bonchev–Trinajstić information content (AvgIpc) is 3.25. The Morgan fingerprint density at radius 2 is 2.04 bits per heavy atom. The van der Waals surface area contributed by atoms with E-state index in [0.29, 0.717) is 41.5 Å². The molecule has 0 unspecified atom stereocenters. The van der Waals surface area contributed by atoms with Crippen LogP contribution in [0.25, 0.3) is 10.7 Å². The average molecular weight is 377 g/mol. The van der Waals surface area contributed by atoms with E-state index in [2.05, 4.69) is 15.2 Å². The molecule has 3 heterocycles. The van der Waals surface area contributed by atoms with Crippen LogP contribution in [0.2, 0.25) is 0 Å². The van der Waals surface area contributed by atoms with Gasteiger partial charge < -0.3 is 9.88 Å². The first-order chi connectivity index (χ1) is 12.5. The van der Waals surface area contributed by atoms with Gasteiger partial charge in [-0.1, -0.05) is 18.3 Å². The normalized spacial score (nSPS) is 18.2. The van der Waals surface area contributed by atoms with E-state index < -0.39 is 16.9 Å². The van der Waals surface area contributed by atoms with E-state index in [1.165, 1.54) is 22.3 Å². The molecule has 10 heteroatoms. The van der Waals surface area contributed by atoms with Crippen molar-refractivity contribution in [2.45, 2.75) is 38.3 Å². The number of urea groups is 1. The first-order valence-electron chi connectivity index (χ1n) is 8.31. The highest BCUT2D eigenvalue weighted by Gasteiger charge is 2.64. The Hall–Kier alpha value is -2.62. The largest absolute Gasteiger partial charge is 0.328 e. The van der Waals surface area contributed by atoms with Gasteiger partial charge in [-0.15, -0.1) is 10.2 Å². The van der Waals surface area contributed by atoms with Crippen molar-refractivity contribution in [2.75, 3.05) is 6.54 Å². The fourth-order valence-corrected chi connectivity index (χ4v) is 3.98. The molecule has 1 saturated carbocycles. The summed E-state index contributed by atoms with van der Waals surface area (Å²) in [5.41, 5.74) is -1.19. The molecule has 1 saturated heterocycles. The summed E-state index contributed by atoms with van der Waals surface area (Å²) in [6.45, 7) is 2.52. The number of halogens is 1. The maximum absolute atomic E-state index is 13.1. The Labute approximate surface area is 151 Å². The summed E-state index contributed by atoms with van der Waals surface area (Å²) < 4.78 is 13.1. The lowest BCUT2D eigenvalue weighted by atomic mass is 10.2. The zero-order chi connectivity index (χ0) is 18.5. The number of H-pyrrole nitrogens is 1. The van der Waals surface area contributed by atoms with Crippen molar-refractivity contribution in [1.82, 2.24) is 25.0 Å². The maximum atomic E-state index is 13.1. The molecule has 1 aliphatic carbocycles. The summed E-state index contributed by atoms with van der Waals surface area (Å²) in [7, 11) is 0. The highest BCUT2D eigenvalue weighted by Crippen LogP contribution is 2.48. The van der Waals surface area contributed by atoms with Gasteiger partial charge in [-0.05, 0) is 31.4 Å². The molecule has 4 rings (SSSR count). The van der Waals surface area contributed by atoms with E-state index in [-0.39, 0.29) is 18.5 Å². The standard InChI is InChI=1S/C16H16FN5O3S/c1-2-7-21-14(24)16(5-6-16)22(15(21)25)8-11-19-20-13(26-11)10-4-3-9(17)12(23)18-10/h3-4H,2,5-8H2,1H3,(H,18,23). The predicted molar refractivity (Wildman–Crippen MR) is 90.8 cm³/mol. The molecule has 2 aromatic rings. The van der Waals surface area contributed by atoms with E-state index in [0.717, 1.165) is 6.07 Å². The first kappa shape index (κ1) is 16.8. The molecule has 2 fully saturated rings. The van der Waals surface area contributed by atoms with Gasteiger partial charge in [0.15, 0.2) is 10.8 Å². The second-order valence-corrected chi connectivity index (χ2v) is 7.47. The Kier molecular flexibility index (Phi) is 3.87. The molecular weight excluding hydrogens is 361 g/mol. The molecule has 2 aromatic heterocycles. The van der Waals surface area contributed by atoms with Crippen molar-refractivity contribution in [2.24, 2.45) is 0 Å². The van der Waals surface area contributed by atoms with Crippen molar-refractivity contribution in [3.8, 4) is 10.7 Å². The first-order valence-corrected chi connectivity index (χ1v) is 9.13. The van der Waals surface area contributed by atoms with Crippen LogP contribution in [-0.4, -0.2) is 49.0 Å². The van der Waals surface area contributed by atoms with E-state index >= 15 is 0 Å². The quantitative estimate of drug-likeness (QED) is 0.800. The number of hydrogen-bond acceptors (Lipinski definition) is 6. The second-order valence-electron chi connectivity index (χ2n) is 6.41. The smallest absolute Gasteiger partial charge is 0.317 e. The number of hydrogen-bond donors (Lipinski definition) is 1. The molecule has 0 aromatic carbocycles. The molecule has 8 nitrogen and oxygen atoms in total. The van der Waals surface area contributed by atoms with Crippen molar-refractivity contribution in [3.05, 3.63) is 33.3 Å². The van der Waals surface area contributed by atoms with Crippen LogP contribution in [0, 0.1) is 5.82 Å². The summed E-state index contributed by atoms with van der Waals surface area (Å²) in [6, 6.07) is 2.19. The van der Waals surface area contributed by atoms with Crippen LogP contribution < -0.4 is 5.56 Å². The van der Waals surface area contributed by atoms with Crippen LogP contribution in [0.3, 0.4) is 0 Å². The Balaban J connectivity index is 1.57. The minimum Gasteiger partial charge on any atom is -0.317 e. The number of aromatic amines is 1. The van der Waals surface area contributed by atoms with Gasteiger partial charge >= 0.3 is 6.03 Å². The fraction of sp³-hybridized carbons (Fsp3) is 0.438. The Morgan fingerprint density at radius 1 is 1.27 bits per heavy atom. The molecule has 1 N–H and O–H groups in total. The third kappa shape index (κ3) is 2.52. The summed E-state index contributed by atoms with van der Waals surface area (Å²) in [5.74, 6) is -0.997. The summed E-state index contributed by atoms with van der Waals surface area (Å²) in [6.07, 6.45) is 2.03. The number of aromatic nitrogens is 3. The number of carbonyl (C=O) groups excluding carboxylic acids is 2. The van der Waals surface area contributed by atoms with Crippen molar-refractivity contribution >= 4 is 23.3 Å². The lowest BCUT2D eigenvalue weighted by molar-refractivity contribution is -0.129. The van der Waals surface area contributed by atoms with Crippen molar-refractivity contribution in [3.63, 3.8) is 0 Å². The van der Waals surface area contributed by atoms with Crippen LogP contribution in [0.15, 0.2) is 16.9 Å². The Morgan fingerprint density at radius 3 is 2.69 bits per heavy atom. The minimum atomic E-state index is -0.869. The molecule has 1 spiro atoms. The topological polar surface area (TPSA) is 99.3 Å². The van der Waals surface area contributed by atoms with E-state index in [9.17, 15) is 18.8 Å². The molecule has 3 amide bonds. The lowest BCUT2D eigenvalue weighted by Crippen LogP contribution is -2.36. The molecule has 26 heavy (non-hydrogen) atoms. The van der Waals surface area contributed by atoms with Gasteiger partial charge in [0.1, 0.15) is 10.5 Å². The summed E-state index contributed by atoms with van der Waals surface area (Å²) >= 11 is 1.20. The van der Waals surface area contributed by atoms with Gasteiger partial charge in [-0.2, -0.15) is 0 Å². The summed E-state index contributed by atoms with van der Waals surface area (Å²) in [4.78, 5) is 41.8. The van der Waals surface area contributed by atoms with Gasteiger partial charge in [0, 0.05) is 6.54 Å². The zero-order valence-electron chi connectivity index (χ0n) is 14.0. The molecular formula is C16H16FN5O3S. The molecule has 1 aliphatic heterocycles. The van der Waals surface area contributed by atoms with Crippen molar-refractivity contribution < 1.29 is 14.0 Å². The molecule has 0 bridgehead atoms. The molecule has 0 radical (unpaired) electrons. The number of carbonyl (C=O) groups is 2. The van der Waals surface area contributed by atoms with E-state index in [1.54, 1.807) is 4.90 Å². The van der Waals surface area contributed by atoms with Crippen LogP contribution in [0.1, 0.15) is 31.2 Å². The van der Waals surface area contributed by atoms with Crippen molar-refractivity contribution in [1.29, 1.82) is 0 Å². The predicted octanol–water partition coefficient (Wildman–Crippen LogP) is 1.74. The molecule has 136 valence electrons. The molecule has 2 aliphatic rings. The van der Waals surface area contributed by atoms with E-state index in [4.69, 9.17) is 0 Å². The number of amides is 3. The van der Waals surface area contributed by atoms with Crippen LogP contribution in [0.4, 0.5) is 9.18 Å². The number of rotatable bonds is 5. The van der Waals surface area contributed by atoms with Gasteiger partial charge in [0.25, 0.3) is 11.5 Å². The number of pyridine rings is 1. The van der Waals surface area contributed by atoms with Gasteiger partial charge in [-0.3, -0.25) is 14.5 Å². The van der Waals surface area contributed by atoms with Crippen LogP contribution in [0.5, 0.6) is 0 Å². The fourth-order valence-electron chi connectivity index (χ4n) is 3.17. The van der Waals surface area contributed by atoms with E-state index in [1.807, 2.05) is 6.92 Å². The summed E-state index contributed by atoms with van der Waals surface area (Å²) in [5, 5.41) is 9.04. The second kappa shape index (κ2) is 5.97. The van der Waals surface area contributed by atoms with Gasteiger partial charge in [0.05, 0.1) is 12.2 Å². The third-order valence-electron chi connectivity index (χ3n) is 4.64. The highest BCUT2D eigenvalue weighted by molar-refractivity contribution is 7.14. The number of nitrogens with one attached hydrogen (secondary N) is 1. The van der Waals surface area contributed by atoms with Gasteiger partial charge in [0.2, 0.25) is 0 Å². The van der Waals surface area contributed by atoms with Crippen LogP contribution in [-0.2, 0) is 11.3 Å². The lowest BCUT2D eigenvalue weighted by Gasteiger charge is -2.19. The minimum absolute atomic E-state index is 0.128. The zero-order valence-corrected chi connectivity index (χ0v) is 14.8. The third-order valence-corrected chi connectivity index (χ3v) is 5.59. The monoisotopic (exact) mass is 377 g/mol. The number of imide groups is 1. The van der Waals surface area contributed by atoms with Gasteiger partial charge in [-0.25, -0.2) is 9.18 Å². The Bertz CT molecular complexity index is 951. The SMILES string of the molecule is CCCN1C(=O)N(Cc2nnc(-c3ccc(F)c(=O)[nH]3)s2)C2(CC2)C1=O. The van der Waals surface area contributed by atoms with Crippen LogP contribution >= 0.6 is 11.3 Å².